The summed E-state index contributed by atoms with van der Waals surface area (Å²) in [7, 11) is 0. The van der Waals surface area contributed by atoms with Crippen LogP contribution < -0.4 is 0 Å². The summed E-state index contributed by atoms with van der Waals surface area (Å²) in [6.45, 7) is 6.83. The van der Waals surface area contributed by atoms with Crippen molar-refractivity contribution in [3.8, 4) is 0 Å². The summed E-state index contributed by atoms with van der Waals surface area (Å²) in [5.74, 6) is -2.23. The van der Waals surface area contributed by atoms with Gasteiger partial charge in [-0.05, 0) is 0 Å². The maximum Gasteiger partial charge on any atom is 0.317 e. The topological polar surface area (TPSA) is 91.6 Å². The molecule has 2 aliphatic rings. The number of carbonyl (C=O) groups is 4. The number of nitrogens with zero attached hydrogens (tertiary/aromatic N) is 1. The Morgan fingerprint density at radius 1 is 0.737 bits per heavy atom. The van der Waals surface area contributed by atoms with Crippen LogP contribution in [-0.2, 0) is 56.6 Å². The van der Waals surface area contributed by atoms with Crippen molar-refractivity contribution in [1.29, 1.82) is 0 Å². The first-order valence-electron chi connectivity index (χ1n) is 5.80. The van der Waals surface area contributed by atoms with Gasteiger partial charge >= 0.3 is 11.9 Å². The second-order valence-electron chi connectivity index (χ2n) is 4.68. The maximum atomic E-state index is 10.6. The summed E-state index contributed by atoms with van der Waals surface area (Å²) in [5, 5.41) is 3.27. The van der Waals surface area contributed by atoms with Crippen LogP contribution in [0.2, 0.25) is 0 Å². The van der Waals surface area contributed by atoms with E-state index in [2.05, 4.69) is 10.1 Å². The third-order valence-corrected chi connectivity index (χ3v) is 3.44. The number of rotatable bonds is 0. The Labute approximate surface area is 136 Å². The van der Waals surface area contributed by atoms with E-state index in [0.717, 1.165) is 0 Å². The van der Waals surface area contributed by atoms with E-state index in [4.69, 9.17) is 0 Å². The van der Waals surface area contributed by atoms with Crippen molar-refractivity contribution in [2.24, 2.45) is 23.7 Å². The molecule has 19 heavy (non-hydrogen) atoms. The molecule has 0 aliphatic carbocycles. The normalized spacial score (nSPS) is 33.1. The molecule has 2 aliphatic heterocycles. The smallest absolute Gasteiger partial charge is 0.317 e. The number of ether oxygens (including phenoxy) is 1. The van der Waals surface area contributed by atoms with Crippen LogP contribution in [-0.4, -0.2) is 23.8 Å². The first-order chi connectivity index (χ1) is 8.25. The van der Waals surface area contributed by atoms with Crippen molar-refractivity contribution in [3.63, 3.8) is 0 Å². The second kappa shape index (κ2) is 7.24. The second-order valence-corrected chi connectivity index (χ2v) is 4.68. The molecular weight excluding hydrogens is 327 g/mol. The molecule has 4 unspecified atom stereocenters. The first-order valence-corrected chi connectivity index (χ1v) is 5.80. The van der Waals surface area contributed by atoms with E-state index in [1.54, 1.807) is 27.7 Å². The Kier molecular flexibility index (Phi) is 7.01. The number of amides is 2. The van der Waals surface area contributed by atoms with Crippen LogP contribution in [0.1, 0.15) is 27.7 Å². The van der Waals surface area contributed by atoms with Crippen molar-refractivity contribution in [1.82, 2.24) is 0 Å². The zero-order valence-corrected chi connectivity index (χ0v) is 14.2. The number of hydrogen-bond donors (Lipinski definition) is 0. The summed E-state index contributed by atoms with van der Waals surface area (Å²) < 4.78 is 4.31. The Morgan fingerprint density at radius 2 is 1.05 bits per heavy atom. The van der Waals surface area contributed by atoms with Crippen molar-refractivity contribution >= 4 is 23.8 Å². The van der Waals surface area contributed by atoms with Gasteiger partial charge in [-0.2, -0.15) is 0 Å². The minimum absolute atomic E-state index is 0. The molecule has 4 atom stereocenters. The van der Waals surface area contributed by atoms with Crippen molar-refractivity contribution in [3.05, 3.63) is 5.32 Å². The average molecular weight is 343 g/mol. The SMILES string of the molecule is CC1C(=O)OC(=O)C1C.CC1C(=O)[N-]C(=O)C1C.[Y]. The Hall–Kier alpha value is -0.616. The third-order valence-electron chi connectivity index (χ3n) is 3.44. The standard InChI is InChI=1S/C6H9NO2.C6H8O3.Y/c1-3-4(2)6(9)7-5(3)8;1-3-4(2)6(8)9-5(3)7;/h3-4H,1-2H3,(H,7,8,9);3-4H,1-2H3;/p-1. The van der Waals surface area contributed by atoms with E-state index in [1.807, 2.05) is 0 Å². The van der Waals surface area contributed by atoms with Crippen LogP contribution in [0.3, 0.4) is 0 Å². The van der Waals surface area contributed by atoms with Gasteiger partial charge in [0.25, 0.3) is 0 Å². The number of cyclic esters (lactones) is 2. The molecule has 7 heteroatoms. The summed E-state index contributed by atoms with van der Waals surface area (Å²) in [6, 6.07) is 0. The van der Waals surface area contributed by atoms with E-state index >= 15 is 0 Å². The molecule has 6 nitrogen and oxygen atoms in total. The van der Waals surface area contributed by atoms with E-state index in [0.29, 0.717) is 0 Å². The third kappa shape index (κ3) is 4.18. The van der Waals surface area contributed by atoms with Gasteiger partial charge in [-0.1, -0.05) is 27.7 Å². The molecule has 2 rings (SSSR count). The molecule has 0 spiro atoms. The van der Waals surface area contributed by atoms with Gasteiger partial charge in [-0.25, -0.2) is 0 Å². The van der Waals surface area contributed by atoms with Gasteiger partial charge in [-0.3, -0.25) is 9.59 Å². The van der Waals surface area contributed by atoms with Crippen molar-refractivity contribution in [2.45, 2.75) is 27.7 Å². The van der Waals surface area contributed by atoms with Gasteiger partial charge in [0.15, 0.2) is 0 Å². The first kappa shape index (κ1) is 18.4. The molecule has 0 saturated carbocycles. The number of imide groups is 1. The fourth-order valence-electron chi connectivity index (χ4n) is 1.43. The fourth-order valence-corrected chi connectivity index (χ4v) is 1.43. The monoisotopic (exact) mass is 343 g/mol. The molecule has 2 saturated heterocycles. The predicted molar refractivity (Wildman–Crippen MR) is 61.1 cm³/mol. The number of carbonyl (C=O) groups excluding carboxylic acids is 4. The van der Waals surface area contributed by atoms with Crippen LogP contribution in [0.5, 0.6) is 0 Å². The molecule has 0 aromatic rings. The quantitative estimate of drug-likeness (QED) is 0.372. The van der Waals surface area contributed by atoms with Gasteiger partial charge < -0.3 is 19.6 Å². The van der Waals surface area contributed by atoms with Crippen LogP contribution in [0.4, 0.5) is 0 Å². The summed E-state index contributed by atoms with van der Waals surface area (Å²) in [4.78, 5) is 42.3. The average Bonchev–Trinajstić information content (AvgIpc) is 2.66. The molecule has 2 fully saturated rings. The molecule has 1 radical (unpaired) electrons. The van der Waals surface area contributed by atoms with Crippen molar-refractivity contribution < 1.29 is 56.6 Å². The molecule has 103 valence electrons. The van der Waals surface area contributed by atoms with Crippen LogP contribution >= 0.6 is 0 Å². The van der Waals surface area contributed by atoms with Gasteiger partial charge in [0.2, 0.25) is 0 Å². The summed E-state index contributed by atoms with van der Waals surface area (Å²) in [6.07, 6.45) is 0. The van der Waals surface area contributed by atoms with Crippen LogP contribution in [0.25, 0.3) is 5.32 Å². The summed E-state index contributed by atoms with van der Waals surface area (Å²) in [5.41, 5.74) is 0. The van der Waals surface area contributed by atoms with Crippen molar-refractivity contribution in [2.75, 3.05) is 0 Å². The zero-order chi connectivity index (χ0) is 14.0. The molecule has 2 heterocycles. The molecule has 0 N–H and O–H groups in total. The van der Waals surface area contributed by atoms with E-state index in [9.17, 15) is 19.2 Å². The van der Waals surface area contributed by atoms with Crippen LogP contribution in [0, 0.1) is 23.7 Å². The zero-order valence-electron chi connectivity index (χ0n) is 11.4. The van der Waals surface area contributed by atoms with Gasteiger partial charge in [0.05, 0.1) is 23.7 Å². The minimum atomic E-state index is -0.396. The molecule has 0 aromatic heterocycles. The fraction of sp³-hybridized carbons (Fsp3) is 0.667. The van der Waals surface area contributed by atoms with E-state index in [1.165, 1.54) is 0 Å². The van der Waals surface area contributed by atoms with Gasteiger partial charge in [0.1, 0.15) is 0 Å². The maximum absolute atomic E-state index is 10.6. The Morgan fingerprint density at radius 3 is 1.16 bits per heavy atom. The number of esters is 2. The molecule has 0 aromatic carbocycles. The largest absolute Gasteiger partial charge is 0.595 e. The van der Waals surface area contributed by atoms with E-state index in [-0.39, 0.29) is 68.2 Å². The number of hydrogen-bond acceptors (Lipinski definition) is 5. The Bertz CT molecular complexity index is 335. The Balaban J connectivity index is 0.000000324. The molecular formula is C12H16NO5Y-. The molecule has 0 bridgehead atoms. The van der Waals surface area contributed by atoms with Gasteiger partial charge in [0, 0.05) is 44.5 Å². The van der Waals surface area contributed by atoms with E-state index < -0.39 is 11.9 Å². The van der Waals surface area contributed by atoms with Gasteiger partial charge in [-0.15, -0.1) is 0 Å². The minimum Gasteiger partial charge on any atom is -0.595 e. The summed E-state index contributed by atoms with van der Waals surface area (Å²) >= 11 is 0. The van der Waals surface area contributed by atoms with Crippen LogP contribution in [0.15, 0.2) is 0 Å². The predicted octanol–water partition coefficient (Wildman–Crippen LogP) is 1.04. The molecule has 2 amide bonds.